The highest BCUT2D eigenvalue weighted by atomic mass is 16.4. The van der Waals surface area contributed by atoms with Crippen LogP contribution in [0.25, 0.3) is 11.1 Å². The van der Waals surface area contributed by atoms with Crippen LogP contribution in [0.2, 0.25) is 0 Å². The number of aromatic nitrogens is 1. The fourth-order valence-electron chi connectivity index (χ4n) is 4.10. The van der Waals surface area contributed by atoms with Gasteiger partial charge in [-0.15, -0.1) is 0 Å². The van der Waals surface area contributed by atoms with Crippen LogP contribution in [0.4, 0.5) is 6.01 Å². The molecule has 0 bridgehead atoms. The summed E-state index contributed by atoms with van der Waals surface area (Å²) in [5.74, 6) is 0.293. The molecule has 2 aromatic rings. The van der Waals surface area contributed by atoms with Crippen LogP contribution in [0.15, 0.2) is 28.7 Å². The molecule has 2 aliphatic rings. The van der Waals surface area contributed by atoms with Crippen LogP contribution in [0.3, 0.4) is 0 Å². The maximum atomic E-state index is 12.6. The lowest BCUT2D eigenvalue weighted by molar-refractivity contribution is -0.131. The topological polar surface area (TPSA) is 52.8 Å². The van der Waals surface area contributed by atoms with Crippen molar-refractivity contribution in [2.24, 2.45) is 0 Å². The predicted octanol–water partition coefficient (Wildman–Crippen LogP) is 2.74. The summed E-state index contributed by atoms with van der Waals surface area (Å²) in [5.41, 5.74) is 1.70. The molecule has 0 radical (unpaired) electrons. The normalized spacial score (nSPS) is 22.1. The van der Waals surface area contributed by atoms with E-state index < -0.39 is 0 Å². The fraction of sp³-hybridized carbons (Fsp3) is 0.600. The average Bonchev–Trinajstić information content (AvgIpc) is 3.11. The van der Waals surface area contributed by atoms with Gasteiger partial charge in [-0.3, -0.25) is 4.79 Å². The van der Waals surface area contributed by atoms with E-state index in [1.54, 1.807) is 0 Å². The minimum atomic E-state index is 0.293. The van der Waals surface area contributed by atoms with Crippen molar-refractivity contribution in [1.82, 2.24) is 14.8 Å². The third-order valence-electron chi connectivity index (χ3n) is 5.80. The minimum absolute atomic E-state index is 0.293. The number of para-hydroxylation sites is 2. The Hall–Kier alpha value is -2.08. The Morgan fingerprint density at radius 1 is 1.15 bits per heavy atom. The lowest BCUT2D eigenvalue weighted by Crippen LogP contribution is -2.49. The van der Waals surface area contributed by atoms with Crippen molar-refractivity contribution in [3.05, 3.63) is 24.3 Å². The first-order valence-electron chi connectivity index (χ1n) is 9.79. The van der Waals surface area contributed by atoms with Crippen molar-refractivity contribution in [3.63, 3.8) is 0 Å². The largest absolute Gasteiger partial charge is 0.423 e. The summed E-state index contributed by atoms with van der Waals surface area (Å²) in [6.45, 7) is 4.22. The molecule has 0 N–H and O–H groups in total. The average molecular weight is 356 g/mol. The Balaban J connectivity index is 1.28. The van der Waals surface area contributed by atoms with Crippen molar-refractivity contribution < 1.29 is 9.21 Å². The summed E-state index contributed by atoms with van der Waals surface area (Å²) in [4.78, 5) is 23.7. The van der Waals surface area contributed by atoms with Gasteiger partial charge in [0.15, 0.2) is 5.58 Å². The van der Waals surface area contributed by atoms with Crippen LogP contribution in [-0.4, -0.2) is 66.5 Å². The number of rotatable bonds is 4. The predicted molar refractivity (Wildman–Crippen MR) is 102 cm³/mol. The van der Waals surface area contributed by atoms with E-state index in [1.807, 2.05) is 29.2 Å². The highest BCUT2D eigenvalue weighted by molar-refractivity contribution is 5.77. The molecule has 6 heteroatoms. The van der Waals surface area contributed by atoms with E-state index in [9.17, 15) is 4.79 Å². The van der Waals surface area contributed by atoms with Crippen molar-refractivity contribution >= 4 is 23.0 Å². The van der Waals surface area contributed by atoms with E-state index in [0.717, 1.165) is 43.7 Å². The van der Waals surface area contributed by atoms with Crippen molar-refractivity contribution in [2.75, 3.05) is 44.7 Å². The van der Waals surface area contributed by atoms with Gasteiger partial charge in [0.05, 0.1) is 0 Å². The van der Waals surface area contributed by atoms with Crippen molar-refractivity contribution in [2.45, 2.75) is 38.1 Å². The lowest BCUT2D eigenvalue weighted by atomic mass is 9.98. The zero-order valence-electron chi connectivity index (χ0n) is 15.6. The van der Waals surface area contributed by atoms with Crippen molar-refractivity contribution in [1.29, 1.82) is 0 Å². The Bertz CT molecular complexity index is 718. The molecular formula is C20H28N4O2. The summed E-state index contributed by atoms with van der Waals surface area (Å²) in [6, 6.07) is 9.07. The molecule has 0 saturated carbocycles. The van der Waals surface area contributed by atoms with Gasteiger partial charge < -0.3 is 19.1 Å². The molecule has 1 atom stereocenters. The Kier molecular flexibility index (Phi) is 5.11. The Morgan fingerprint density at radius 3 is 2.73 bits per heavy atom. The molecular weight excluding hydrogens is 328 g/mol. The number of likely N-dealkylation sites (tertiary alicyclic amines) is 1. The molecule has 0 unspecified atom stereocenters. The van der Waals surface area contributed by atoms with E-state index in [1.165, 1.54) is 25.8 Å². The molecule has 1 amide bonds. The third kappa shape index (κ3) is 3.70. The third-order valence-corrected chi connectivity index (χ3v) is 5.80. The first kappa shape index (κ1) is 17.3. The summed E-state index contributed by atoms with van der Waals surface area (Å²) in [5, 5.41) is 0. The molecule has 3 heterocycles. The Morgan fingerprint density at radius 2 is 1.96 bits per heavy atom. The van der Waals surface area contributed by atoms with Crippen LogP contribution in [0.5, 0.6) is 0 Å². The lowest BCUT2D eigenvalue weighted by Gasteiger charge is -2.35. The van der Waals surface area contributed by atoms with Crippen LogP contribution < -0.4 is 4.90 Å². The number of fused-ring (bicyclic) bond motifs is 1. The number of piperazine rings is 1. The molecule has 1 aromatic carbocycles. The molecule has 140 valence electrons. The SMILES string of the molecule is CN1CCCC[C@@H]1CCC(=O)N1CCN(c2nc3ccccc3o2)CC1. The van der Waals surface area contributed by atoms with Gasteiger partial charge in [0.2, 0.25) is 5.91 Å². The highest BCUT2D eigenvalue weighted by Crippen LogP contribution is 2.23. The van der Waals surface area contributed by atoms with Gasteiger partial charge in [-0.1, -0.05) is 18.6 Å². The zero-order valence-corrected chi connectivity index (χ0v) is 15.6. The summed E-state index contributed by atoms with van der Waals surface area (Å²) in [6.07, 6.45) is 5.47. The number of carbonyl (C=O) groups excluding carboxylic acids is 1. The maximum absolute atomic E-state index is 12.6. The number of nitrogens with zero attached hydrogens (tertiary/aromatic N) is 4. The van der Waals surface area contributed by atoms with Gasteiger partial charge in [0.25, 0.3) is 6.01 Å². The second-order valence-corrected chi connectivity index (χ2v) is 7.50. The van der Waals surface area contributed by atoms with Crippen molar-refractivity contribution in [3.8, 4) is 0 Å². The number of amides is 1. The van der Waals surface area contributed by atoms with Crippen LogP contribution >= 0.6 is 0 Å². The molecule has 4 rings (SSSR count). The maximum Gasteiger partial charge on any atom is 0.298 e. The van der Waals surface area contributed by atoms with Gasteiger partial charge in [0, 0.05) is 38.6 Å². The molecule has 1 aromatic heterocycles. The van der Waals surface area contributed by atoms with Crippen LogP contribution in [0.1, 0.15) is 32.1 Å². The molecule has 0 spiro atoms. The van der Waals surface area contributed by atoms with Gasteiger partial charge in [-0.05, 0) is 45.0 Å². The zero-order chi connectivity index (χ0) is 17.9. The van der Waals surface area contributed by atoms with Gasteiger partial charge in [-0.25, -0.2) is 0 Å². The molecule has 0 aliphatic carbocycles. The number of anilines is 1. The molecule has 6 nitrogen and oxygen atoms in total. The van der Waals surface area contributed by atoms with Gasteiger partial charge >= 0.3 is 0 Å². The molecule has 2 saturated heterocycles. The monoisotopic (exact) mass is 356 g/mol. The Labute approximate surface area is 154 Å². The number of hydrogen-bond donors (Lipinski definition) is 0. The number of oxazole rings is 1. The number of carbonyl (C=O) groups is 1. The first-order valence-corrected chi connectivity index (χ1v) is 9.79. The number of piperidine rings is 1. The number of hydrogen-bond acceptors (Lipinski definition) is 5. The standard InChI is InChI=1S/C20H28N4O2/c1-22-11-5-4-6-16(22)9-10-19(25)23-12-14-24(15-13-23)20-21-17-7-2-3-8-18(17)26-20/h2-3,7-8,16H,4-6,9-15H2,1H3/t16-/m1/s1. The second-order valence-electron chi connectivity index (χ2n) is 7.50. The highest BCUT2D eigenvalue weighted by Gasteiger charge is 2.25. The molecule has 2 fully saturated rings. The van der Waals surface area contributed by atoms with Crippen LogP contribution in [-0.2, 0) is 4.79 Å². The first-order chi connectivity index (χ1) is 12.7. The van der Waals surface area contributed by atoms with Crippen LogP contribution in [0, 0.1) is 0 Å². The van der Waals surface area contributed by atoms with Gasteiger partial charge in [0.1, 0.15) is 5.52 Å². The number of benzene rings is 1. The fourth-order valence-corrected chi connectivity index (χ4v) is 4.10. The second kappa shape index (κ2) is 7.66. The van der Waals surface area contributed by atoms with Gasteiger partial charge in [-0.2, -0.15) is 4.98 Å². The smallest absolute Gasteiger partial charge is 0.298 e. The van der Waals surface area contributed by atoms with E-state index in [-0.39, 0.29) is 0 Å². The van der Waals surface area contributed by atoms with E-state index in [4.69, 9.17) is 4.42 Å². The summed E-state index contributed by atoms with van der Waals surface area (Å²) >= 11 is 0. The minimum Gasteiger partial charge on any atom is -0.423 e. The molecule has 2 aliphatic heterocycles. The van der Waals surface area contributed by atoms with E-state index in [0.29, 0.717) is 24.4 Å². The van der Waals surface area contributed by atoms with E-state index in [2.05, 4.69) is 21.8 Å². The summed E-state index contributed by atoms with van der Waals surface area (Å²) < 4.78 is 5.85. The summed E-state index contributed by atoms with van der Waals surface area (Å²) in [7, 11) is 2.19. The molecule has 26 heavy (non-hydrogen) atoms. The van der Waals surface area contributed by atoms with E-state index >= 15 is 0 Å². The quantitative estimate of drug-likeness (QED) is 0.843.